The molecule has 2 aromatic carbocycles. The maximum absolute atomic E-state index is 12.8. The van der Waals surface area contributed by atoms with Crippen LogP contribution in [0.5, 0.6) is 11.5 Å². The van der Waals surface area contributed by atoms with Crippen LogP contribution in [0.2, 0.25) is 0 Å². The molecule has 0 saturated heterocycles. The summed E-state index contributed by atoms with van der Waals surface area (Å²) in [4.78, 5) is -0.0218. The molecular formula is C13H13FN2O3S. The highest BCUT2D eigenvalue weighted by molar-refractivity contribution is 7.89. The van der Waals surface area contributed by atoms with Crippen molar-refractivity contribution in [1.29, 1.82) is 0 Å². The highest BCUT2D eigenvalue weighted by Crippen LogP contribution is 2.27. The Morgan fingerprint density at radius 2 is 1.70 bits per heavy atom. The molecule has 0 spiro atoms. The standard InChI is InChI=1S/C13H13FN2O3S/c1-16-20(17,18)13-7-6-11(8-12(13)15)19-10-4-2-9(14)3-5-10/h2-8,16H,15H2,1H3. The van der Waals surface area contributed by atoms with Crippen LogP contribution >= 0.6 is 0 Å². The van der Waals surface area contributed by atoms with Crippen LogP contribution in [0.1, 0.15) is 0 Å². The zero-order chi connectivity index (χ0) is 14.8. The monoisotopic (exact) mass is 296 g/mol. The highest BCUT2D eigenvalue weighted by atomic mass is 32.2. The summed E-state index contributed by atoms with van der Waals surface area (Å²) in [5.74, 6) is 0.423. The van der Waals surface area contributed by atoms with Gasteiger partial charge in [-0.1, -0.05) is 0 Å². The number of halogens is 1. The van der Waals surface area contributed by atoms with Gasteiger partial charge in [0, 0.05) is 6.07 Å². The van der Waals surface area contributed by atoms with E-state index in [-0.39, 0.29) is 16.4 Å². The number of hydrogen-bond donors (Lipinski definition) is 2. The fourth-order valence-electron chi connectivity index (χ4n) is 1.58. The lowest BCUT2D eigenvalue weighted by atomic mass is 10.3. The van der Waals surface area contributed by atoms with Crippen molar-refractivity contribution in [2.45, 2.75) is 4.90 Å². The Labute approximate surface area is 116 Å². The number of hydrogen-bond acceptors (Lipinski definition) is 4. The molecular weight excluding hydrogens is 283 g/mol. The van der Waals surface area contributed by atoms with E-state index in [9.17, 15) is 12.8 Å². The van der Waals surface area contributed by atoms with Crippen molar-refractivity contribution in [3.63, 3.8) is 0 Å². The van der Waals surface area contributed by atoms with Gasteiger partial charge >= 0.3 is 0 Å². The van der Waals surface area contributed by atoms with Crippen LogP contribution in [0.25, 0.3) is 0 Å². The SMILES string of the molecule is CNS(=O)(=O)c1ccc(Oc2ccc(F)cc2)cc1N. The Hall–Kier alpha value is -2.12. The molecule has 106 valence electrons. The molecule has 0 aliphatic heterocycles. The van der Waals surface area contributed by atoms with Gasteiger partial charge in [0.1, 0.15) is 22.2 Å². The third-order valence-electron chi connectivity index (χ3n) is 2.59. The minimum Gasteiger partial charge on any atom is -0.457 e. The van der Waals surface area contributed by atoms with Gasteiger partial charge < -0.3 is 10.5 Å². The summed E-state index contributed by atoms with van der Waals surface area (Å²) in [7, 11) is -2.30. The number of ether oxygens (including phenoxy) is 1. The molecule has 0 amide bonds. The number of sulfonamides is 1. The van der Waals surface area contributed by atoms with Gasteiger partial charge in [0.05, 0.1) is 5.69 Å². The number of rotatable bonds is 4. The fraction of sp³-hybridized carbons (Fsp3) is 0.0769. The number of nitrogens with one attached hydrogen (secondary N) is 1. The summed E-state index contributed by atoms with van der Waals surface area (Å²) in [6.07, 6.45) is 0. The summed E-state index contributed by atoms with van der Waals surface area (Å²) >= 11 is 0. The summed E-state index contributed by atoms with van der Waals surface area (Å²) in [5.41, 5.74) is 5.77. The Morgan fingerprint density at radius 1 is 1.10 bits per heavy atom. The van der Waals surface area contributed by atoms with Crippen LogP contribution in [0.3, 0.4) is 0 Å². The normalized spacial score (nSPS) is 11.3. The Bertz CT molecular complexity index is 715. The maximum atomic E-state index is 12.8. The molecule has 7 heteroatoms. The predicted octanol–water partition coefficient (Wildman–Crippen LogP) is 2.11. The molecule has 0 unspecified atom stereocenters. The fourth-order valence-corrected chi connectivity index (χ4v) is 2.42. The van der Waals surface area contributed by atoms with E-state index in [1.807, 2.05) is 0 Å². The zero-order valence-electron chi connectivity index (χ0n) is 10.6. The van der Waals surface area contributed by atoms with E-state index >= 15 is 0 Å². The Balaban J connectivity index is 2.28. The van der Waals surface area contributed by atoms with Crippen molar-refractivity contribution in [2.24, 2.45) is 0 Å². The van der Waals surface area contributed by atoms with E-state index < -0.39 is 10.0 Å². The molecule has 2 rings (SSSR count). The van der Waals surface area contributed by atoms with Gasteiger partial charge in [0.2, 0.25) is 10.0 Å². The van der Waals surface area contributed by atoms with Gasteiger partial charge in [-0.3, -0.25) is 0 Å². The predicted molar refractivity (Wildman–Crippen MR) is 73.6 cm³/mol. The first-order valence-electron chi connectivity index (χ1n) is 5.69. The average molecular weight is 296 g/mol. The molecule has 0 aromatic heterocycles. The van der Waals surface area contributed by atoms with Crippen LogP contribution in [-0.4, -0.2) is 15.5 Å². The van der Waals surface area contributed by atoms with Crippen LogP contribution < -0.4 is 15.2 Å². The van der Waals surface area contributed by atoms with Gasteiger partial charge in [-0.25, -0.2) is 17.5 Å². The lowest BCUT2D eigenvalue weighted by molar-refractivity contribution is 0.480. The number of benzene rings is 2. The quantitative estimate of drug-likeness (QED) is 0.847. The van der Waals surface area contributed by atoms with Crippen molar-refractivity contribution in [3.05, 3.63) is 48.3 Å². The lowest BCUT2D eigenvalue weighted by Gasteiger charge is -2.09. The van der Waals surface area contributed by atoms with Crippen molar-refractivity contribution in [2.75, 3.05) is 12.8 Å². The number of anilines is 1. The molecule has 0 bridgehead atoms. The van der Waals surface area contributed by atoms with Crippen molar-refractivity contribution >= 4 is 15.7 Å². The minimum absolute atomic E-state index is 0.0218. The van der Waals surface area contributed by atoms with Gasteiger partial charge in [-0.2, -0.15) is 0 Å². The summed E-state index contributed by atoms with van der Waals surface area (Å²) < 4.78 is 43.7. The Morgan fingerprint density at radius 3 is 2.25 bits per heavy atom. The van der Waals surface area contributed by atoms with Crippen LogP contribution in [-0.2, 0) is 10.0 Å². The second kappa shape index (κ2) is 5.48. The third kappa shape index (κ3) is 3.06. The first kappa shape index (κ1) is 14.3. The van der Waals surface area contributed by atoms with Gasteiger partial charge in [-0.15, -0.1) is 0 Å². The smallest absolute Gasteiger partial charge is 0.242 e. The third-order valence-corrected chi connectivity index (χ3v) is 4.08. The van der Waals surface area contributed by atoms with Crippen LogP contribution in [0.4, 0.5) is 10.1 Å². The minimum atomic E-state index is -3.60. The zero-order valence-corrected chi connectivity index (χ0v) is 11.4. The van der Waals surface area contributed by atoms with E-state index in [4.69, 9.17) is 10.5 Å². The van der Waals surface area contributed by atoms with Gasteiger partial charge in [-0.05, 0) is 43.4 Å². The van der Waals surface area contributed by atoms with Gasteiger partial charge in [0.25, 0.3) is 0 Å². The summed E-state index contributed by atoms with van der Waals surface area (Å²) in [6, 6.07) is 9.67. The van der Waals surface area contributed by atoms with E-state index in [0.29, 0.717) is 11.5 Å². The number of nitrogen functional groups attached to an aromatic ring is 1. The van der Waals surface area contributed by atoms with E-state index in [1.54, 1.807) is 0 Å². The van der Waals surface area contributed by atoms with E-state index in [1.165, 1.54) is 49.5 Å². The molecule has 2 aromatic rings. The lowest BCUT2D eigenvalue weighted by Crippen LogP contribution is -2.19. The molecule has 0 heterocycles. The second-order valence-corrected chi connectivity index (χ2v) is 5.82. The first-order chi connectivity index (χ1) is 9.42. The molecule has 0 fully saturated rings. The van der Waals surface area contributed by atoms with Crippen LogP contribution in [0.15, 0.2) is 47.4 Å². The first-order valence-corrected chi connectivity index (χ1v) is 7.17. The largest absolute Gasteiger partial charge is 0.457 e. The summed E-state index contributed by atoms with van der Waals surface area (Å²) in [6.45, 7) is 0. The topological polar surface area (TPSA) is 81.4 Å². The molecule has 0 aliphatic carbocycles. The molecule has 0 atom stereocenters. The molecule has 3 N–H and O–H groups in total. The maximum Gasteiger partial charge on any atom is 0.242 e. The Kier molecular flexibility index (Phi) is 3.91. The molecule has 0 saturated carbocycles. The average Bonchev–Trinajstić information content (AvgIpc) is 2.41. The second-order valence-electron chi connectivity index (χ2n) is 3.96. The van der Waals surface area contributed by atoms with Gasteiger partial charge in [0.15, 0.2) is 0 Å². The van der Waals surface area contributed by atoms with E-state index in [0.717, 1.165) is 0 Å². The highest BCUT2D eigenvalue weighted by Gasteiger charge is 2.15. The van der Waals surface area contributed by atoms with Crippen molar-refractivity contribution < 1.29 is 17.5 Å². The molecule has 5 nitrogen and oxygen atoms in total. The van der Waals surface area contributed by atoms with E-state index in [2.05, 4.69) is 4.72 Å². The summed E-state index contributed by atoms with van der Waals surface area (Å²) in [5, 5.41) is 0. The van der Waals surface area contributed by atoms with Crippen molar-refractivity contribution in [1.82, 2.24) is 4.72 Å². The molecule has 0 radical (unpaired) electrons. The number of nitrogens with two attached hydrogens (primary N) is 1. The van der Waals surface area contributed by atoms with Crippen LogP contribution in [0, 0.1) is 5.82 Å². The molecule has 20 heavy (non-hydrogen) atoms. The molecule has 0 aliphatic rings. The van der Waals surface area contributed by atoms with Crippen molar-refractivity contribution in [3.8, 4) is 11.5 Å².